The van der Waals surface area contributed by atoms with Crippen molar-refractivity contribution in [2.45, 2.75) is 12.8 Å². The fourth-order valence-electron chi connectivity index (χ4n) is 2.60. The van der Waals surface area contributed by atoms with Crippen molar-refractivity contribution in [1.29, 1.82) is 0 Å². The van der Waals surface area contributed by atoms with Crippen LogP contribution in [-0.2, 0) is 9.53 Å². The molecule has 1 aromatic carbocycles. The molecular formula is C16H18ClN3O3. The SMILES string of the molecule is COc1ccc(Cl)cc1-c1cc(NC(=O)C2CCOCC2)n[nH]1. The van der Waals surface area contributed by atoms with Crippen LogP contribution in [-0.4, -0.2) is 36.4 Å². The summed E-state index contributed by atoms with van der Waals surface area (Å²) in [6, 6.07) is 7.11. The maximum Gasteiger partial charge on any atom is 0.228 e. The van der Waals surface area contributed by atoms with Gasteiger partial charge in [0.05, 0.1) is 12.8 Å². The van der Waals surface area contributed by atoms with E-state index in [-0.39, 0.29) is 11.8 Å². The maximum absolute atomic E-state index is 12.2. The maximum atomic E-state index is 12.2. The van der Waals surface area contributed by atoms with Crippen LogP contribution >= 0.6 is 11.6 Å². The van der Waals surface area contributed by atoms with Crippen LogP contribution in [0.1, 0.15) is 12.8 Å². The third-order valence-corrected chi connectivity index (χ3v) is 4.11. The summed E-state index contributed by atoms with van der Waals surface area (Å²) in [6.07, 6.45) is 1.48. The molecule has 0 unspecified atom stereocenters. The zero-order valence-electron chi connectivity index (χ0n) is 12.8. The van der Waals surface area contributed by atoms with E-state index >= 15 is 0 Å². The minimum atomic E-state index is -0.0237. The molecule has 0 bridgehead atoms. The molecule has 3 rings (SSSR count). The summed E-state index contributed by atoms with van der Waals surface area (Å²) in [5.74, 6) is 1.12. The molecule has 0 radical (unpaired) electrons. The van der Waals surface area contributed by atoms with Crippen LogP contribution in [0.15, 0.2) is 24.3 Å². The molecule has 0 atom stereocenters. The Kier molecular flexibility index (Phi) is 4.83. The fraction of sp³-hybridized carbons (Fsp3) is 0.375. The van der Waals surface area contributed by atoms with Crippen LogP contribution in [0.25, 0.3) is 11.3 Å². The molecule has 1 aliphatic heterocycles. The minimum absolute atomic E-state index is 0.0235. The van der Waals surface area contributed by atoms with Gasteiger partial charge in [0.15, 0.2) is 5.82 Å². The molecule has 1 amide bonds. The highest BCUT2D eigenvalue weighted by Crippen LogP contribution is 2.32. The first-order valence-corrected chi connectivity index (χ1v) is 7.83. The predicted octanol–water partition coefficient (Wildman–Crippen LogP) is 3.10. The largest absolute Gasteiger partial charge is 0.496 e. The first-order chi connectivity index (χ1) is 11.2. The quantitative estimate of drug-likeness (QED) is 0.900. The minimum Gasteiger partial charge on any atom is -0.496 e. The second-order valence-corrected chi connectivity index (χ2v) is 5.82. The second-order valence-electron chi connectivity index (χ2n) is 5.39. The molecule has 2 aromatic rings. The molecule has 0 saturated carbocycles. The highest BCUT2D eigenvalue weighted by atomic mass is 35.5. The summed E-state index contributed by atoms with van der Waals surface area (Å²) in [7, 11) is 1.59. The number of carbonyl (C=O) groups excluding carboxylic acids is 1. The third kappa shape index (κ3) is 3.65. The Balaban J connectivity index is 1.75. The van der Waals surface area contributed by atoms with E-state index < -0.39 is 0 Å². The molecule has 1 aliphatic rings. The highest BCUT2D eigenvalue weighted by molar-refractivity contribution is 6.31. The monoisotopic (exact) mass is 335 g/mol. The number of nitrogens with one attached hydrogen (secondary N) is 2. The van der Waals surface area contributed by atoms with Crippen molar-refractivity contribution in [3.63, 3.8) is 0 Å². The van der Waals surface area contributed by atoms with Gasteiger partial charge in [-0.2, -0.15) is 5.10 Å². The Bertz CT molecular complexity index is 696. The number of rotatable bonds is 4. The molecule has 1 aromatic heterocycles. The van der Waals surface area contributed by atoms with Crippen molar-refractivity contribution in [2.75, 3.05) is 25.6 Å². The van der Waals surface area contributed by atoms with Crippen molar-refractivity contribution < 1.29 is 14.3 Å². The third-order valence-electron chi connectivity index (χ3n) is 3.87. The number of hydrogen-bond donors (Lipinski definition) is 2. The Hall–Kier alpha value is -2.05. The number of carbonyl (C=O) groups is 1. The number of methoxy groups -OCH3 is 1. The van der Waals surface area contributed by atoms with Crippen LogP contribution in [0.2, 0.25) is 5.02 Å². The zero-order valence-corrected chi connectivity index (χ0v) is 13.5. The lowest BCUT2D eigenvalue weighted by atomic mass is 9.99. The standard InChI is InChI=1S/C16H18ClN3O3/c1-22-14-3-2-11(17)8-12(14)13-9-15(20-19-13)18-16(21)10-4-6-23-7-5-10/h2-3,8-10H,4-7H2,1H3,(H2,18,19,20,21). The Labute approximate surface area is 139 Å². The van der Waals surface area contributed by atoms with Gasteiger partial charge in [-0.3, -0.25) is 9.89 Å². The van der Waals surface area contributed by atoms with Gasteiger partial charge in [0.2, 0.25) is 5.91 Å². The van der Waals surface area contributed by atoms with Crippen molar-refractivity contribution in [3.8, 4) is 17.0 Å². The number of H-pyrrole nitrogens is 1. The lowest BCUT2D eigenvalue weighted by molar-refractivity contribution is -0.122. The summed E-state index contributed by atoms with van der Waals surface area (Å²) in [4.78, 5) is 12.2. The number of amides is 1. The highest BCUT2D eigenvalue weighted by Gasteiger charge is 2.22. The second kappa shape index (κ2) is 7.02. The van der Waals surface area contributed by atoms with Crippen LogP contribution in [0.3, 0.4) is 0 Å². The fourth-order valence-corrected chi connectivity index (χ4v) is 2.77. The lowest BCUT2D eigenvalue weighted by Gasteiger charge is -2.20. The van der Waals surface area contributed by atoms with Gasteiger partial charge in [-0.15, -0.1) is 0 Å². The Morgan fingerprint density at radius 3 is 2.91 bits per heavy atom. The number of hydrogen-bond acceptors (Lipinski definition) is 4. The summed E-state index contributed by atoms with van der Waals surface area (Å²) in [5.41, 5.74) is 1.52. The van der Waals surface area contributed by atoms with Gasteiger partial charge in [-0.1, -0.05) is 11.6 Å². The normalized spacial score (nSPS) is 15.4. The van der Waals surface area contributed by atoms with Crippen LogP contribution in [0.5, 0.6) is 5.75 Å². The van der Waals surface area contributed by atoms with Crippen molar-refractivity contribution >= 4 is 23.3 Å². The molecule has 2 N–H and O–H groups in total. The number of aromatic nitrogens is 2. The van der Waals surface area contributed by atoms with E-state index in [0.717, 1.165) is 24.1 Å². The summed E-state index contributed by atoms with van der Waals surface area (Å²) < 4.78 is 10.6. The van der Waals surface area contributed by atoms with Gasteiger partial charge >= 0.3 is 0 Å². The van der Waals surface area contributed by atoms with E-state index in [1.165, 1.54) is 0 Å². The molecular weight excluding hydrogens is 318 g/mol. The van der Waals surface area contributed by atoms with Crippen LogP contribution < -0.4 is 10.1 Å². The lowest BCUT2D eigenvalue weighted by Crippen LogP contribution is -2.28. The van der Waals surface area contributed by atoms with Crippen molar-refractivity contribution in [1.82, 2.24) is 10.2 Å². The van der Waals surface area contributed by atoms with Gasteiger partial charge in [-0.25, -0.2) is 0 Å². The molecule has 6 nitrogen and oxygen atoms in total. The zero-order chi connectivity index (χ0) is 16.2. The van der Waals surface area contributed by atoms with E-state index in [0.29, 0.717) is 29.8 Å². The number of anilines is 1. The van der Waals surface area contributed by atoms with E-state index in [2.05, 4.69) is 15.5 Å². The number of halogens is 1. The molecule has 7 heteroatoms. The van der Waals surface area contributed by atoms with Gasteiger partial charge in [0.1, 0.15) is 5.75 Å². The smallest absolute Gasteiger partial charge is 0.228 e. The van der Waals surface area contributed by atoms with Gasteiger partial charge < -0.3 is 14.8 Å². The van der Waals surface area contributed by atoms with Crippen LogP contribution in [0.4, 0.5) is 5.82 Å². The summed E-state index contributed by atoms with van der Waals surface area (Å²) >= 11 is 6.04. The van der Waals surface area contributed by atoms with Gasteiger partial charge in [-0.05, 0) is 31.0 Å². The molecule has 23 heavy (non-hydrogen) atoms. The van der Waals surface area contributed by atoms with Crippen molar-refractivity contribution in [3.05, 3.63) is 29.3 Å². The molecule has 122 valence electrons. The number of aromatic amines is 1. The molecule has 1 saturated heterocycles. The molecule has 0 aliphatic carbocycles. The topological polar surface area (TPSA) is 76.2 Å². The van der Waals surface area contributed by atoms with Crippen molar-refractivity contribution in [2.24, 2.45) is 5.92 Å². The predicted molar refractivity (Wildman–Crippen MR) is 87.8 cm³/mol. The van der Waals surface area contributed by atoms with E-state index in [4.69, 9.17) is 21.1 Å². The van der Waals surface area contributed by atoms with E-state index in [1.807, 2.05) is 0 Å². The summed E-state index contributed by atoms with van der Waals surface area (Å²) in [5, 5.41) is 10.5. The first kappa shape index (κ1) is 15.8. The molecule has 1 fully saturated rings. The molecule has 2 heterocycles. The number of ether oxygens (including phenoxy) is 2. The van der Waals surface area contributed by atoms with Gasteiger partial charge in [0, 0.05) is 35.8 Å². The summed E-state index contributed by atoms with van der Waals surface area (Å²) in [6.45, 7) is 1.26. The Morgan fingerprint density at radius 1 is 1.39 bits per heavy atom. The average Bonchev–Trinajstić information content (AvgIpc) is 3.04. The van der Waals surface area contributed by atoms with E-state index in [1.54, 1.807) is 31.4 Å². The number of nitrogens with zero attached hydrogens (tertiary/aromatic N) is 1. The molecule has 0 spiro atoms. The van der Waals surface area contributed by atoms with Gasteiger partial charge in [0.25, 0.3) is 0 Å². The van der Waals surface area contributed by atoms with Crippen LogP contribution in [0, 0.1) is 5.92 Å². The first-order valence-electron chi connectivity index (χ1n) is 7.45. The van der Waals surface area contributed by atoms with E-state index in [9.17, 15) is 4.79 Å². The Morgan fingerprint density at radius 2 is 2.17 bits per heavy atom. The number of benzene rings is 1. The average molecular weight is 336 g/mol.